The number of nitrogens with zero attached hydrogens (tertiary/aromatic N) is 1. The quantitative estimate of drug-likeness (QED) is 0.831. The molecule has 0 unspecified atom stereocenters. The van der Waals surface area contributed by atoms with E-state index >= 15 is 0 Å². The van der Waals surface area contributed by atoms with E-state index < -0.39 is 5.97 Å². The first-order valence-electron chi connectivity index (χ1n) is 5.72. The zero-order chi connectivity index (χ0) is 11.7. The van der Waals surface area contributed by atoms with Gasteiger partial charge >= 0.3 is 5.97 Å². The number of hydrogen-bond donors (Lipinski definition) is 1. The number of carboxylic acid groups (broad SMARTS) is 1. The van der Waals surface area contributed by atoms with Gasteiger partial charge in [-0.15, -0.1) is 0 Å². The summed E-state index contributed by atoms with van der Waals surface area (Å²) in [5.74, 6) is -0.850. The molecule has 3 nitrogen and oxygen atoms in total. The van der Waals surface area contributed by atoms with Gasteiger partial charge in [0.2, 0.25) is 0 Å². The minimum absolute atomic E-state index is 0.381. The first kappa shape index (κ1) is 11.0. The Kier molecular flexibility index (Phi) is 2.86. The fraction of sp³-hybridized carbons (Fsp3) is 0.462. The van der Waals surface area contributed by atoms with Gasteiger partial charge in [0.05, 0.1) is 5.56 Å². The zero-order valence-electron chi connectivity index (χ0n) is 9.73. The van der Waals surface area contributed by atoms with Crippen LogP contribution in [0.2, 0.25) is 0 Å². The first-order valence-corrected chi connectivity index (χ1v) is 5.72. The highest BCUT2D eigenvalue weighted by atomic mass is 16.4. The molecule has 0 aliphatic carbocycles. The molecule has 0 aromatic heterocycles. The van der Waals surface area contributed by atoms with Crippen LogP contribution in [0.4, 0.5) is 5.69 Å². The maximum atomic E-state index is 10.9. The van der Waals surface area contributed by atoms with Gasteiger partial charge in [0, 0.05) is 18.3 Å². The van der Waals surface area contributed by atoms with Crippen molar-refractivity contribution < 1.29 is 9.90 Å². The number of benzene rings is 1. The number of fused-ring (bicyclic) bond motifs is 1. The van der Waals surface area contributed by atoms with Gasteiger partial charge in [0.25, 0.3) is 0 Å². The van der Waals surface area contributed by atoms with Crippen LogP contribution < -0.4 is 4.90 Å². The van der Waals surface area contributed by atoms with Gasteiger partial charge in [-0.1, -0.05) is 6.07 Å². The van der Waals surface area contributed by atoms with Gasteiger partial charge < -0.3 is 10.0 Å². The minimum Gasteiger partial charge on any atom is -0.478 e. The third-order valence-electron chi connectivity index (χ3n) is 3.11. The van der Waals surface area contributed by atoms with Crippen LogP contribution in [-0.4, -0.2) is 23.7 Å². The summed E-state index contributed by atoms with van der Waals surface area (Å²) in [5.41, 5.74) is 2.75. The molecule has 1 heterocycles. The highest BCUT2D eigenvalue weighted by Gasteiger charge is 2.20. The number of rotatable bonds is 2. The van der Waals surface area contributed by atoms with Gasteiger partial charge in [-0.25, -0.2) is 4.79 Å². The molecule has 2 rings (SSSR count). The smallest absolute Gasteiger partial charge is 0.335 e. The van der Waals surface area contributed by atoms with Crippen LogP contribution in [0.15, 0.2) is 18.2 Å². The normalized spacial score (nSPS) is 15.1. The van der Waals surface area contributed by atoms with E-state index in [0.29, 0.717) is 11.6 Å². The summed E-state index contributed by atoms with van der Waals surface area (Å²) in [5, 5.41) is 8.99. The molecular formula is C13H17NO2. The monoisotopic (exact) mass is 219 g/mol. The molecule has 0 fully saturated rings. The Morgan fingerprint density at radius 3 is 2.81 bits per heavy atom. The van der Waals surface area contributed by atoms with Crippen LogP contribution in [0, 0.1) is 0 Å². The summed E-state index contributed by atoms with van der Waals surface area (Å²) in [7, 11) is 0. The average molecular weight is 219 g/mol. The van der Waals surface area contributed by atoms with E-state index in [0.717, 1.165) is 25.1 Å². The summed E-state index contributed by atoms with van der Waals surface area (Å²) in [4.78, 5) is 13.2. The predicted octanol–water partition coefficient (Wildman–Crippen LogP) is 2.55. The fourth-order valence-corrected chi connectivity index (χ4v) is 2.27. The topological polar surface area (TPSA) is 40.5 Å². The first-order chi connectivity index (χ1) is 7.59. The molecule has 1 aliphatic heterocycles. The zero-order valence-corrected chi connectivity index (χ0v) is 9.73. The van der Waals surface area contributed by atoms with Gasteiger partial charge in [-0.2, -0.15) is 0 Å². The molecule has 0 amide bonds. The summed E-state index contributed by atoms with van der Waals surface area (Å²) in [6, 6.07) is 5.87. The van der Waals surface area contributed by atoms with E-state index in [1.54, 1.807) is 12.1 Å². The Labute approximate surface area is 95.7 Å². The lowest BCUT2D eigenvalue weighted by Crippen LogP contribution is -2.35. The van der Waals surface area contributed by atoms with Crippen molar-refractivity contribution in [2.45, 2.75) is 32.7 Å². The third-order valence-corrected chi connectivity index (χ3v) is 3.11. The summed E-state index contributed by atoms with van der Waals surface area (Å²) in [6.07, 6.45) is 2.20. The van der Waals surface area contributed by atoms with E-state index in [-0.39, 0.29) is 0 Å². The predicted molar refractivity (Wildman–Crippen MR) is 64.2 cm³/mol. The van der Waals surface area contributed by atoms with E-state index in [2.05, 4.69) is 18.7 Å². The lowest BCUT2D eigenvalue weighted by atomic mass is 9.98. The van der Waals surface area contributed by atoms with E-state index in [9.17, 15) is 4.79 Å². The largest absolute Gasteiger partial charge is 0.478 e. The lowest BCUT2D eigenvalue weighted by molar-refractivity contribution is 0.0697. The molecule has 3 heteroatoms. The van der Waals surface area contributed by atoms with Gasteiger partial charge in [-0.3, -0.25) is 0 Å². The summed E-state index contributed by atoms with van der Waals surface area (Å²) >= 11 is 0. The number of anilines is 1. The lowest BCUT2D eigenvalue weighted by Gasteiger charge is -2.34. The van der Waals surface area contributed by atoms with Crippen molar-refractivity contribution >= 4 is 11.7 Å². The maximum absolute atomic E-state index is 10.9. The second-order valence-electron chi connectivity index (χ2n) is 4.54. The number of aryl methyl sites for hydroxylation is 1. The van der Waals surface area contributed by atoms with Crippen molar-refractivity contribution in [3.63, 3.8) is 0 Å². The Morgan fingerprint density at radius 2 is 2.19 bits per heavy atom. The Bertz CT molecular complexity index is 412. The highest BCUT2D eigenvalue weighted by molar-refractivity contribution is 5.89. The van der Waals surface area contributed by atoms with E-state index in [1.807, 2.05) is 6.07 Å². The number of carboxylic acids is 1. The molecule has 1 aliphatic rings. The van der Waals surface area contributed by atoms with E-state index in [1.165, 1.54) is 5.56 Å². The van der Waals surface area contributed by atoms with Crippen molar-refractivity contribution in [1.29, 1.82) is 0 Å². The molecule has 0 saturated carbocycles. The summed E-state index contributed by atoms with van der Waals surface area (Å²) < 4.78 is 0. The van der Waals surface area contributed by atoms with E-state index in [4.69, 9.17) is 5.11 Å². The minimum atomic E-state index is -0.850. The molecule has 0 spiro atoms. The maximum Gasteiger partial charge on any atom is 0.335 e. The van der Waals surface area contributed by atoms with Crippen LogP contribution in [0.3, 0.4) is 0 Å². The third kappa shape index (κ3) is 1.90. The van der Waals surface area contributed by atoms with Gasteiger partial charge in [0.15, 0.2) is 0 Å². The molecule has 0 saturated heterocycles. The number of carbonyl (C=O) groups is 1. The fourth-order valence-electron chi connectivity index (χ4n) is 2.27. The van der Waals surface area contributed by atoms with Crippen LogP contribution in [-0.2, 0) is 6.42 Å². The number of hydrogen-bond acceptors (Lipinski definition) is 2. The Hall–Kier alpha value is -1.51. The molecule has 16 heavy (non-hydrogen) atoms. The van der Waals surface area contributed by atoms with Gasteiger partial charge in [-0.05, 0) is 44.4 Å². The molecule has 86 valence electrons. The van der Waals surface area contributed by atoms with Crippen molar-refractivity contribution in [2.75, 3.05) is 11.4 Å². The van der Waals surface area contributed by atoms with Crippen LogP contribution in [0.5, 0.6) is 0 Å². The van der Waals surface area contributed by atoms with Crippen LogP contribution in [0.1, 0.15) is 36.2 Å². The summed E-state index contributed by atoms with van der Waals surface area (Å²) in [6.45, 7) is 5.30. The molecule has 1 aromatic rings. The van der Waals surface area contributed by atoms with Crippen LogP contribution >= 0.6 is 0 Å². The molecule has 1 aromatic carbocycles. The van der Waals surface area contributed by atoms with Crippen molar-refractivity contribution in [3.8, 4) is 0 Å². The molecular weight excluding hydrogens is 202 g/mol. The second kappa shape index (κ2) is 4.16. The molecule has 1 N–H and O–H groups in total. The molecule has 0 atom stereocenters. The SMILES string of the molecule is CC(C)N1CCCc2ccc(C(=O)O)cc21. The average Bonchev–Trinajstić information content (AvgIpc) is 2.27. The number of aromatic carboxylic acids is 1. The molecule has 0 radical (unpaired) electrons. The molecule has 0 bridgehead atoms. The second-order valence-corrected chi connectivity index (χ2v) is 4.54. The Morgan fingerprint density at radius 1 is 1.44 bits per heavy atom. The van der Waals surface area contributed by atoms with Crippen molar-refractivity contribution in [3.05, 3.63) is 29.3 Å². The van der Waals surface area contributed by atoms with Crippen LogP contribution in [0.25, 0.3) is 0 Å². The Balaban J connectivity index is 2.44. The van der Waals surface area contributed by atoms with Gasteiger partial charge in [0.1, 0.15) is 0 Å². The van der Waals surface area contributed by atoms with Crippen molar-refractivity contribution in [1.82, 2.24) is 0 Å². The highest BCUT2D eigenvalue weighted by Crippen LogP contribution is 2.29. The standard InChI is InChI=1S/C13H17NO2/c1-9(2)14-7-3-4-10-5-6-11(13(15)16)8-12(10)14/h5-6,8-9H,3-4,7H2,1-2H3,(H,15,16). The van der Waals surface area contributed by atoms with Crippen molar-refractivity contribution in [2.24, 2.45) is 0 Å².